The standard InChI is InChI=1S/C38H48N2O4/c1-33(2)16-18-38(40-32(43)44-23-24-12-10-9-11-13-24)19-17-37(7)30(25(38)21-33)27(41)20-29-35(5)22-26(39-8)31(42)34(3,4)28(35)14-15-36(29,37)6/h9-13,20,22,25,28,30H,14-19,21,23H2,1-7H3,(H,40,43)/t25-,28-,30-,35-,36+,37+,38-/m0/s1. The summed E-state index contributed by atoms with van der Waals surface area (Å²) in [4.78, 5) is 45.0. The van der Waals surface area contributed by atoms with Crippen LogP contribution in [0.25, 0.3) is 4.85 Å². The molecule has 7 atom stereocenters. The highest BCUT2D eigenvalue weighted by Crippen LogP contribution is 2.73. The van der Waals surface area contributed by atoms with Crippen LogP contribution in [0.2, 0.25) is 0 Å². The molecule has 5 aliphatic rings. The van der Waals surface area contributed by atoms with Gasteiger partial charge in [-0.1, -0.05) is 90.4 Å². The first-order valence-corrected chi connectivity index (χ1v) is 16.4. The van der Waals surface area contributed by atoms with Crippen molar-refractivity contribution in [1.29, 1.82) is 0 Å². The van der Waals surface area contributed by atoms with E-state index in [2.05, 4.69) is 44.8 Å². The monoisotopic (exact) mass is 596 g/mol. The lowest BCUT2D eigenvalue weighted by atomic mass is 9.35. The summed E-state index contributed by atoms with van der Waals surface area (Å²) in [5, 5.41) is 3.37. The Balaban J connectivity index is 1.39. The Morgan fingerprint density at radius 2 is 1.66 bits per heavy atom. The first-order valence-electron chi connectivity index (χ1n) is 16.4. The van der Waals surface area contributed by atoms with Crippen LogP contribution in [0, 0.1) is 51.4 Å². The van der Waals surface area contributed by atoms with Gasteiger partial charge in [0, 0.05) is 22.3 Å². The highest BCUT2D eigenvalue weighted by Gasteiger charge is 2.70. The van der Waals surface area contributed by atoms with Gasteiger partial charge in [0.15, 0.2) is 11.6 Å². The number of ketones is 2. The zero-order valence-electron chi connectivity index (χ0n) is 27.5. The van der Waals surface area contributed by atoms with Crippen LogP contribution in [0.3, 0.4) is 0 Å². The van der Waals surface area contributed by atoms with Gasteiger partial charge in [0.25, 0.3) is 0 Å². The van der Waals surface area contributed by atoms with Gasteiger partial charge in [-0.2, -0.15) is 0 Å². The molecule has 44 heavy (non-hydrogen) atoms. The van der Waals surface area contributed by atoms with E-state index in [1.54, 1.807) is 0 Å². The van der Waals surface area contributed by atoms with Gasteiger partial charge in [-0.25, -0.2) is 9.64 Å². The average molecular weight is 597 g/mol. The van der Waals surface area contributed by atoms with Gasteiger partial charge in [0.1, 0.15) is 6.61 Å². The number of carbonyl (C=O) groups excluding carboxylic acids is 3. The summed E-state index contributed by atoms with van der Waals surface area (Å²) < 4.78 is 5.74. The normalized spacial score (nSPS) is 40.1. The maximum atomic E-state index is 14.7. The van der Waals surface area contributed by atoms with Crippen LogP contribution < -0.4 is 5.32 Å². The smallest absolute Gasteiger partial charge is 0.407 e. The SMILES string of the molecule is [C-]#[N+]C1=C[C@]2(C)C3=CC(=O)[C@@H]4[C@@H]5CC(C)(C)CC[C@]5(NC(=O)OCc5ccccc5)CC[C@@]4(C)[C@]3(C)CC[C@H]2C(C)(C)C1=O. The largest absolute Gasteiger partial charge is 0.445 e. The maximum absolute atomic E-state index is 14.7. The average Bonchev–Trinajstić information content (AvgIpc) is 2.96. The van der Waals surface area contributed by atoms with Gasteiger partial charge < -0.3 is 14.8 Å². The topological polar surface area (TPSA) is 76.8 Å². The second-order valence-corrected chi connectivity index (χ2v) is 16.6. The van der Waals surface area contributed by atoms with Crippen molar-refractivity contribution in [3.8, 4) is 0 Å². The molecule has 3 fully saturated rings. The van der Waals surface area contributed by atoms with Crippen molar-refractivity contribution >= 4 is 17.7 Å². The van der Waals surface area contributed by atoms with Crippen LogP contribution in [-0.4, -0.2) is 23.2 Å². The predicted molar refractivity (Wildman–Crippen MR) is 170 cm³/mol. The fourth-order valence-electron chi connectivity index (χ4n) is 10.8. The van der Waals surface area contributed by atoms with Crippen LogP contribution in [0.15, 0.2) is 53.8 Å². The molecule has 0 radical (unpaired) electrons. The Morgan fingerprint density at radius 3 is 2.34 bits per heavy atom. The molecule has 3 saturated carbocycles. The number of benzene rings is 1. The number of ether oxygens (including phenoxy) is 1. The number of nitrogens with one attached hydrogen (secondary N) is 1. The molecule has 0 saturated heterocycles. The minimum Gasteiger partial charge on any atom is -0.445 e. The lowest BCUT2D eigenvalue weighted by molar-refractivity contribution is -0.161. The number of fused-ring (bicyclic) bond motifs is 7. The molecule has 0 unspecified atom stereocenters. The molecule has 0 spiro atoms. The van der Waals surface area contributed by atoms with Gasteiger partial charge in [-0.05, 0) is 84.7 Å². The minimum absolute atomic E-state index is 0.0133. The van der Waals surface area contributed by atoms with Crippen molar-refractivity contribution in [2.45, 2.75) is 106 Å². The van der Waals surface area contributed by atoms with Gasteiger partial charge in [-0.3, -0.25) is 4.79 Å². The summed E-state index contributed by atoms with van der Waals surface area (Å²) in [6, 6.07) is 9.71. The fourth-order valence-corrected chi connectivity index (χ4v) is 10.8. The molecule has 0 aliphatic heterocycles. The minimum atomic E-state index is -0.675. The van der Waals surface area contributed by atoms with E-state index in [-0.39, 0.29) is 57.9 Å². The van der Waals surface area contributed by atoms with Crippen LogP contribution in [0.4, 0.5) is 4.79 Å². The Bertz CT molecular complexity index is 1510. The second-order valence-electron chi connectivity index (χ2n) is 16.6. The van der Waals surface area contributed by atoms with Crippen molar-refractivity contribution in [3.63, 3.8) is 0 Å². The molecule has 5 aliphatic carbocycles. The maximum Gasteiger partial charge on any atom is 0.407 e. The van der Waals surface area contributed by atoms with Gasteiger partial charge in [-0.15, -0.1) is 0 Å². The summed E-state index contributed by atoms with van der Waals surface area (Å²) >= 11 is 0. The van der Waals surface area contributed by atoms with E-state index >= 15 is 0 Å². The number of hydrogen-bond acceptors (Lipinski definition) is 4. The first-order chi connectivity index (χ1) is 20.5. The van der Waals surface area contributed by atoms with E-state index in [9.17, 15) is 14.4 Å². The number of hydrogen-bond donors (Lipinski definition) is 1. The Labute approximate surface area is 262 Å². The third-order valence-electron chi connectivity index (χ3n) is 13.4. The number of Topliss-reactive ketones (excluding diaryl/α,β-unsaturated/α-hetero) is 1. The quantitative estimate of drug-likeness (QED) is 0.357. The van der Waals surface area contributed by atoms with Crippen LogP contribution in [-0.2, 0) is 20.9 Å². The second kappa shape index (κ2) is 9.90. The molecule has 234 valence electrons. The van der Waals surface area contributed by atoms with E-state index in [4.69, 9.17) is 11.3 Å². The molecule has 6 nitrogen and oxygen atoms in total. The van der Waals surface area contributed by atoms with E-state index in [1.807, 2.05) is 56.3 Å². The zero-order chi connectivity index (χ0) is 31.9. The Hall–Kier alpha value is -3.20. The third-order valence-corrected chi connectivity index (χ3v) is 13.4. The van der Waals surface area contributed by atoms with Gasteiger partial charge >= 0.3 is 6.09 Å². The van der Waals surface area contributed by atoms with Crippen molar-refractivity contribution in [2.24, 2.45) is 44.8 Å². The van der Waals surface area contributed by atoms with Gasteiger partial charge in [0.05, 0.1) is 6.57 Å². The summed E-state index contributed by atoms with van der Waals surface area (Å²) in [6.07, 6.45) is 9.46. The van der Waals surface area contributed by atoms with Crippen LogP contribution >= 0.6 is 0 Å². The lowest BCUT2D eigenvalue weighted by Gasteiger charge is -2.69. The van der Waals surface area contributed by atoms with E-state index < -0.39 is 22.5 Å². The van der Waals surface area contributed by atoms with Crippen molar-refractivity contribution in [2.75, 3.05) is 0 Å². The molecule has 1 N–H and O–H groups in total. The van der Waals surface area contributed by atoms with Gasteiger partial charge in [0.2, 0.25) is 5.70 Å². The van der Waals surface area contributed by atoms with E-state index in [1.165, 1.54) is 0 Å². The third kappa shape index (κ3) is 4.28. The van der Waals surface area contributed by atoms with E-state index in [0.717, 1.165) is 56.1 Å². The highest BCUT2D eigenvalue weighted by atomic mass is 16.5. The highest BCUT2D eigenvalue weighted by molar-refractivity contribution is 6.03. The first kappa shape index (κ1) is 30.8. The molecular formula is C38H48N2O4. The summed E-state index contributed by atoms with van der Waals surface area (Å²) in [5.74, 6) is -0.164. The molecule has 0 heterocycles. The molecule has 6 rings (SSSR count). The Morgan fingerprint density at radius 1 is 0.977 bits per heavy atom. The zero-order valence-corrected chi connectivity index (χ0v) is 27.5. The molecular weight excluding hydrogens is 548 g/mol. The number of carbonyl (C=O) groups is 3. The molecule has 1 aromatic carbocycles. The number of alkyl carbamates (subject to hydrolysis) is 1. The van der Waals surface area contributed by atoms with E-state index in [0.29, 0.717) is 0 Å². The van der Waals surface area contributed by atoms with Crippen molar-refractivity contribution in [3.05, 3.63) is 70.7 Å². The van der Waals surface area contributed by atoms with Crippen LogP contribution in [0.5, 0.6) is 0 Å². The number of nitrogens with zero attached hydrogens (tertiary/aromatic N) is 1. The lowest BCUT2D eigenvalue weighted by Crippen LogP contribution is -2.69. The number of amides is 1. The summed E-state index contributed by atoms with van der Waals surface area (Å²) in [5.41, 5.74) is -0.0225. The molecule has 6 heteroatoms. The number of allylic oxidation sites excluding steroid dienone is 4. The number of rotatable bonds is 3. The van der Waals surface area contributed by atoms with Crippen molar-refractivity contribution in [1.82, 2.24) is 5.32 Å². The molecule has 1 amide bonds. The molecule has 1 aromatic rings. The summed E-state index contributed by atoms with van der Waals surface area (Å²) in [6.45, 7) is 23.4. The van der Waals surface area contributed by atoms with Crippen molar-refractivity contribution < 1.29 is 19.1 Å². The van der Waals surface area contributed by atoms with Crippen LogP contribution in [0.1, 0.15) is 99.0 Å². The molecule has 0 bridgehead atoms. The molecule has 0 aromatic heterocycles. The Kier molecular flexibility index (Phi) is 6.93. The predicted octanol–water partition coefficient (Wildman–Crippen LogP) is 8.24. The fraction of sp³-hybridized carbons (Fsp3) is 0.632. The summed E-state index contributed by atoms with van der Waals surface area (Å²) in [7, 11) is 0.